The van der Waals surface area contributed by atoms with Crippen LogP contribution in [-0.2, 0) is 25.8 Å². The number of anilines is 2. The molecule has 18 nitrogen and oxygen atoms in total. The number of nitrogen functional groups attached to an aromatic ring is 2. The fourth-order valence-corrected chi connectivity index (χ4v) is 7.28. The van der Waals surface area contributed by atoms with Gasteiger partial charge in [-0.15, -0.1) is 5.10 Å². The molecule has 0 aromatic carbocycles. The molecule has 2 saturated heterocycles. The van der Waals surface area contributed by atoms with Gasteiger partial charge in [0.15, 0.2) is 53.3 Å². The zero-order valence-corrected chi connectivity index (χ0v) is 22.2. The number of rotatable bonds is 7. The van der Waals surface area contributed by atoms with E-state index in [2.05, 4.69) is 35.2 Å². The topological polar surface area (TPSA) is 260 Å². The lowest BCUT2D eigenvalue weighted by molar-refractivity contribution is -0.0477. The molecule has 0 saturated carbocycles. The number of aliphatic hydroxyl groups excluding tert-OH is 2. The van der Waals surface area contributed by atoms with E-state index in [0.717, 1.165) is 21.9 Å². The van der Waals surface area contributed by atoms with Crippen LogP contribution in [0.2, 0.25) is 0 Å². The summed E-state index contributed by atoms with van der Waals surface area (Å²) in [6.45, 7) is -5.66. The van der Waals surface area contributed by atoms with Crippen LogP contribution in [0.5, 0.6) is 0 Å². The van der Waals surface area contributed by atoms with E-state index in [-0.39, 0.29) is 34.1 Å². The Morgan fingerprint density at radius 3 is 2.63 bits per heavy atom. The number of nitrogens with two attached hydrogens (primary N) is 2. The van der Waals surface area contributed by atoms with Crippen LogP contribution in [0, 0.1) is 0 Å². The summed E-state index contributed by atoms with van der Waals surface area (Å²) in [5.74, 6) is -0.259. The molecule has 8 N–H and O–H groups in total. The van der Waals surface area contributed by atoms with Crippen molar-refractivity contribution < 1.29 is 37.9 Å². The van der Waals surface area contributed by atoms with E-state index in [9.17, 15) is 19.9 Å². The minimum atomic E-state index is -4.23. The summed E-state index contributed by atoms with van der Waals surface area (Å²) in [6, 6.07) is 0. The monoisotopic (exact) mass is 617 g/mol. The lowest BCUT2D eigenvalue weighted by Gasteiger charge is -2.29. The van der Waals surface area contributed by atoms with Crippen LogP contribution in [0.3, 0.4) is 0 Å². The molecule has 220 valence electrons. The van der Waals surface area contributed by atoms with E-state index in [1.807, 2.05) is 0 Å². The van der Waals surface area contributed by atoms with Crippen molar-refractivity contribution in [2.75, 3.05) is 24.7 Å². The number of H-pyrrole nitrogens is 1. The standard InChI is InChI=1S/C19H22F2N11O7PS/c20-7-5(1-33)38-18(31-4-26-10-15(31)27-19(23)28-16(10)35)12(7)40(36,41)37-2-6-11(34)8(21)17(39-6)32-14-9(29-30-32)13(22)24-3-25-14/h3-8,11-12,17-18,33-34H,1-2H2,(H,36,41)(H2,22,24,25)(H3,23,27,28,35)/t5?,6-,7-,8+,11-,12-,17-,18-,40?/m1/s1. The van der Waals surface area contributed by atoms with E-state index in [0.29, 0.717) is 0 Å². The van der Waals surface area contributed by atoms with Crippen LogP contribution in [0.15, 0.2) is 17.4 Å². The van der Waals surface area contributed by atoms with Crippen LogP contribution in [-0.4, -0.2) is 109 Å². The highest BCUT2D eigenvalue weighted by Gasteiger charge is 2.54. The third kappa shape index (κ3) is 4.54. The Hall–Kier alpha value is -3.30. The number of halogens is 2. The van der Waals surface area contributed by atoms with Crippen LogP contribution >= 0.6 is 6.49 Å². The zero-order valence-electron chi connectivity index (χ0n) is 20.5. The normalized spacial score (nSPS) is 31.7. The number of aromatic nitrogens is 9. The molecular formula is C19H22F2N11O7PS. The third-order valence-electron chi connectivity index (χ3n) is 6.82. The highest BCUT2D eigenvalue weighted by atomic mass is 32.5. The van der Waals surface area contributed by atoms with Gasteiger partial charge in [0.25, 0.3) is 5.56 Å². The van der Waals surface area contributed by atoms with Gasteiger partial charge in [0.1, 0.15) is 36.5 Å². The number of aliphatic hydroxyl groups is 2. The van der Waals surface area contributed by atoms with E-state index in [4.69, 9.17) is 37.3 Å². The summed E-state index contributed by atoms with van der Waals surface area (Å²) >= 11 is 5.30. The van der Waals surface area contributed by atoms with Crippen molar-refractivity contribution in [1.29, 1.82) is 0 Å². The lowest BCUT2D eigenvalue weighted by Crippen LogP contribution is -2.34. The Morgan fingerprint density at radius 2 is 1.88 bits per heavy atom. The maximum Gasteiger partial charge on any atom is 0.280 e. The Morgan fingerprint density at radius 1 is 1.12 bits per heavy atom. The van der Waals surface area contributed by atoms with Gasteiger partial charge in [-0.1, -0.05) is 5.21 Å². The van der Waals surface area contributed by atoms with Crippen LogP contribution in [0.1, 0.15) is 12.5 Å². The predicted molar refractivity (Wildman–Crippen MR) is 137 cm³/mol. The quantitative estimate of drug-likeness (QED) is 0.123. The van der Waals surface area contributed by atoms with Gasteiger partial charge in [0, 0.05) is 0 Å². The number of aromatic amines is 1. The first kappa shape index (κ1) is 27.8. The largest absolute Gasteiger partial charge is 0.394 e. The number of imidazole rings is 1. The van der Waals surface area contributed by atoms with E-state index in [1.165, 1.54) is 0 Å². The molecule has 9 atom stereocenters. The smallest absolute Gasteiger partial charge is 0.280 e. The molecule has 0 amide bonds. The molecule has 2 aliphatic heterocycles. The van der Waals surface area contributed by atoms with Crippen LogP contribution < -0.4 is 17.0 Å². The molecule has 6 rings (SSSR count). The molecule has 6 heterocycles. The van der Waals surface area contributed by atoms with E-state index >= 15 is 8.78 Å². The zero-order chi connectivity index (χ0) is 29.2. The Bertz CT molecular complexity index is 1720. The Labute approximate surface area is 231 Å². The molecule has 4 aromatic heterocycles. The fraction of sp³-hybridized carbons (Fsp3) is 0.526. The van der Waals surface area contributed by atoms with Crippen molar-refractivity contribution >= 4 is 52.4 Å². The first-order chi connectivity index (χ1) is 19.5. The molecule has 0 bridgehead atoms. The van der Waals surface area contributed by atoms with Gasteiger partial charge in [-0.2, -0.15) is 9.67 Å². The number of alkyl halides is 2. The Balaban J connectivity index is 1.25. The van der Waals surface area contributed by atoms with E-state index in [1.54, 1.807) is 0 Å². The van der Waals surface area contributed by atoms with Crippen molar-refractivity contribution in [2.24, 2.45) is 0 Å². The molecule has 22 heteroatoms. The number of hydrogen-bond donors (Lipinski definition) is 6. The van der Waals surface area contributed by atoms with Crippen molar-refractivity contribution in [1.82, 2.24) is 44.5 Å². The molecule has 0 spiro atoms. The van der Waals surface area contributed by atoms with Gasteiger partial charge >= 0.3 is 0 Å². The summed E-state index contributed by atoms with van der Waals surface area (Å²) < 4.78 is 49.5. The number of nitrogens with one attached hydrogen (secondary N) is 1. The third-order valence-corrected chi connectivity index (χ3v) is 9.68. The molecule has 0 aliphatic carbocycles. The highest BCUT2D eigenvalue weighted by Crippen LogP contribution is 2.58. The fourth-order valence-electron chi connectivity index (χ4n) is 4.81. The first-order valence-corrected chi connectivity index (χ1v) is 14.6. The van der Waals surface area contributed by atoms with Crippen molar-refractivity contribution in [3.63, 3.8) is 0 Å². The Kier molecular flexibility index (Phi) is 6.93. The number of nitrogens with zero attached hydrogens (tertiary/aromatic N) is 8. The van der Waals surface area contributed by atoms with Crippen molar-refractivity contribution in [3.8, 4) is 0 Å². The van der Waals surface area contributed by atoms with Crippen LogP contribution in [0.25, 0.3) is 22.3 Å². The summed E-state index contributed by atoms with van der Waals surface area (Å²) in [4.78, 5) is 41.5. The van der Waals surface area contributed by atoms with Gasteiger partial charge in [0.05, 0.1) is 19.5 Å². The first-order valence-electron chi connectivity index (χ1n) is 11.9. The predicted octanol–water partition coefficient (Wildman–Crippen LogP) is -1.97. The van der Waals surface area contributed by atoms with Gasteiger partial charge in [-0.05, 0) is 11.8 Å². The van der Waals surface area contributed by atoms with E-state index < -0.39 is 74.0 Å². The van der Waals surface area contributed by atoms with Crippen molar-refractivity contribution in [2.45, 2.75) is 48.8 Å². The minimum absolute atomic E-state index is 0.000445. The molecule has 2 unspecified atom stereocenters. The van der Waals surface area contributed by atoms with Gasteiger partial charge in [-0.3, -0.25) is 14.3 Å². The summed E-state index contributed by atoms with van der Waals surface area (Å²) in [7, 11) is 0. The summed E-state index contributed by atoms with van der Waals surface area (Å²) in [5.41, 5.74) is 9.00. The minimum Gasteiger partial charge on any atom is -0.394 e. The van der Waals surface area contributed by atoms with Gasteiger partial charge in [-0.25, -0.2) is 23.7 Å². The van der Waals surface area contributed by atoms with Gasteiger partial charge < -0.3 is 40.6 Å². The summed E-state index contributed by atoms with van der Waals surface area (Å²) in [5, 5.41) is 27.8. The summed E-state index contributed by atoms with van der Waals surface area (Å²) in [6.07, 6.45) is -9.36. The number of ether oxygens (including phenoxy) is 2. The maximum atomic E-state index is 15.5. The number of fused-ring (bicyclic) bond motifs is 2. The maximum absolute atomic E-state index is 15.5. The molecule has 2 fully saturated rings. The molecule has 41 heavy (non-hydrogen) atoms. The lowest BCUT2D eigenvalue weighted by atomic mass is 10.1. The molecular weight excluding hydrogens is 595 g/mol. The average molecular weight is 617 g/mol. The molecule has 0 radical (unpaired) electrons. The highest BCUT2D eigenvalue weighted by molar-refractivity contribution is 8.09. The molecule has 4 aromatic rings. The second kappa shape index (κ2) is 10.2. The number of hydrogen-bond acceptors (Lipinski definition) is 15. The molecule has 2 aliphatic rings. The SMILES string of the molecule is Nc1nc2c(ncn2[C@@H]2OC(CO)[C@@H](F)[C@H]2P(O)(=S)OC[C@H]2O[C@@H](n3nnc4c(N)ncnc43)[C@@H](F)[C@@H]2O)c(=O)[nH]1. The second-order valence-corrected chi connectivity index (χ2v) is 12.8. The van der Waals surface area contributed by atoms with Crippen LogP contribution in [0.4, 0.5) is 20.5 Å². The van der Waals surface area contributed by atoms with Crippen molar-refractivity contribution in [3.05, 3.63) is 23.0 Å². The second-order valence-electron chi connectivity index (χ2n) is 9.28. The van der Waals surface area contributed by atoms with Gasteiger partial charge in [0.2, 0.25) is 5.95 Å². The average Bonchev–Trinajstić information content (AvgIpc) is 3.68.